The minimum Gasteiger partial charge on any atom is -0.393 e. The van der Waals surface area contributed by atoms with Gasteiger partial charge in [0, 0.05) is 13.1 Å². The first-order valence-electron chi connectivity index (χ1n) is 8.19. The van der Waals surface area contributed by atoms with Crippen LogP contribution < -0.4 is 5.32 Å². The van der Waals surface area contributed by atoms with Gasteiger partial charge in [-0.25, -0.2) is 4.99 Å². The third kappa shape index (κ3) is 10.3. The second-order valence-corrected chi connectivity index (χ2v) is 5.54. The summed E-state index contributed by atoms with van der Waals surface area (Å²) in [5, 5.41) is 3.03. The van der Waals surface area contributed by atoms with Crippen LogP contribution in [0.1, 0.15) is 52.9 Å². The van der Waals surface area contributed by atoms with Gasteiger partial charge in [-0.15, -0.1) is 0 Å². The Labute approximate surface area is 130 Å². The Morgan fingerprint density at radius 2 is 1.95 bits per heavy atom. The first kappa shape index (κ1) is 19.9. The second kappa shape index (κ2) is 12.6. The van der Waals surface area contributed by atoms with Gasteiger partial charge in [0.05, 0.1) is 5.92 Å². The lowest BCUT2D eigenvalue weighted by molar-refractivity contribution is -0.140. The predicted molar refractivity (Wildman–Crippen MR) is 88.5 cm³/mol. The van der Waals surface area contributed by atoms with Crippen LogP contribution in [0.3, 0.4) is 0 Å². The molecule has 0 spiro atoms. The average Bonchev–Trinajstić information content (AvgIpc) is 2.44. The molecule has 0 heterocycles. The van der Waals surface area contributed by atoms with Crippen LogP contribution in [0.4, 0.5) is 0 Å². The minimum atomic E-state index is -0.154. The number of amidine groups is 1. The molecule has 0 saturated carbocycles. The highest BCUT2D eigenvalue weighted by Gasteiger charge is 2.19. The third-order valence-corrected chi connectivity index (χ3v) is 3.28. The van der Waals surface area contributed by atoms with Gasteiger partial charge in [-0.05, 0) is 46.8 Å². The summed E-state index contributed by atoms with van der Waals surface area (Å²) in [6.07, 6.45) is 4.82. The highest BCUT2D eigenvalue weighted by atomic mass is 16.6. The van der Waals surface area contributed by atoms with Crippen molar-refractivity contribution in [1.82, 2.24) is 10.2 Å². The van der Waals surface area contributed by atoms with Gasteiger partial charge < -0.3 is 15.0 Å². The number of unbranched alkanes of at least 4 members (excludes halogenated alkanes) is 1. The van der Waals surface area contributed by atoms with E-state index in [0.29, 0.717) is 19.1 Å². The van der Waals surface area contributed by atoms with E-state index in [1.165, 1.54) is 0 Å². The van der Waals surface area contributed by atoms with E-state index >= 15 is 0 Å². The summed E-state index contributed by atoms with van der Waals surface area (Å²) in [6.45, 7) is 8.48. The van der Waals surface area contributed by atoms with E-state index in [4.69, 9.17) is 4.74 Å². The van der Waals surface area contributed by atoms with Crippen LogP contribution in [0.2, 0.25) is 0 Å². The van der Waals surface area contributed by atoms with Crippen molar-refractivity contribution in [2.45, 2.75) is 52.9 Å². The molecule has 0 aliphatic heterocycles. The molecule has 1 atom stereocenters. The first-order chi connectivity index (χ1) is 10.0. The van der Waals surface area contributed by atoms with E-state index in [1.807, 2.05) is 27.9 Å². The number of carbonyl (C=O) groups is 1. The number of nitrogens with zero attached hydrogens (tertiary/aromatic N) is 2. The lowest BCUT2D eigenvalue weighted by Gasteiger charge is -2.15. The lowest BCUT2D eigenvalue weighted by Crippen LogP contribution is -2.31. The second-order valence-electron chi connectivity index (χ2n) is 5.54. The zero-order valence-electron chi connectivity index (χ0n) is 14.4. The molecule has 0 bridgehead atoms. The number of nitrogens with one attached hydrogen (secondary N) is 1. The van der Waals surface area contributed by atoms with Gasteiger partial charge in [0.1, 0.15) is 0 Å². The van der Waals surface area contributed by atoms with Gasteiger partial charge in [0.25, 0.3) is 6.02 Å². The summed E-state index contributed by atoms with van der Waals surface area (Å²) in [7, 11) is 4.07. The SMILES string of the molecule is CCCCC(CC)C(=O)O/C(=N\CCCN(C)C)NCC. The molecule has 124 valence electrons. The van der Waals surface area contributed by atoms with Gasteiger partial charge >= 0.3 is 5.97 Å². The van der Waals surface area contributed by atoms with Gasteiger partial charge in [0.15, 0.2) is 0 Å². The van der Waals surface area contributed by atoms with E-state index in [-0.39, 0.29) is 11.9 Å². The molecule has 0 radical (unpaired) electrons. The molecule has 21 heavy (non-hydrogen) atoms. The number of ether oxygens (including phenoxy) is 1. The maximum atomic E-state index is 12.2. The predicted octanol–water partition coefficient (Wildman–Crippen LogP) is 2.66. The van der Waals surface area contributed by atoms with Crippen molar-refractivity contribution in [2.75, 3.05) is 33.7 Å². The molecule has 0 aromatic carbocycles. The summed E-state index contributed by atoms with van der Waals surface area (Å²) in [5.41, 5.74) is 0. The zero-order chi connectivity index (χ0) is 16.1. The molecule has 0 rings (SSSR count). The van der Waals surface area contributed by atoms with Crippen molar-refractivity contribution < 1.29 is 9.53 Å². The molecule has 1 N–H and O–H groups in total. The molecule has 0 aromatic rings. The van der Waals surface area contributed by atoms with Crippen LogP contribution in [-0.4, -0.2) is 50.6 Å². The molecule has 0 aromatic heterocycles. The Balaban J connectivity index is 4.38. The fourth-order valence-corrected chi connectivity index (χ4v) is 1.96. The maximum Gasteiger partial charge on any atom is 0.316 e. The molecule has 1 unspecified atom stereocenters. The number of rotatable bonds is 10. The van der Waals surface area contributed by atoms with Crippen LogP contribution in [0.5, 0.6) is 0 Å². The molecular formula is C16H33N3O2. The Hall–Kier alpha value is -1.10. The third-order valence-electron chi connectivity index (χ3n) is 3.28. The Kier molecular flexibility index (Phi) is 12.0. The van der Waals surface area contributed by atoms with Gasteiger partial charge in [-0.2, -0.15) is 0 Å². The molecule has 0 aliphatic rings. The van der Waals surface area contributed by atoms with Gasteiger partial charge in [-0.3, -0.25) is 4.79 Å². The van der Waals surface area contributed by atoms with E-state index in [9.17, 15) is 4.79 Å². The van der Waals surface area contributed by atoms with Crippen molar-refractivity contribution >= 4 is 12.0 Å². The molecular weight excluding hydrogens is 266 g/mol. The summed E-state index contributed by atoms with van der Waals surface area (Å²) in [5.74, 6) is -0.172. The normalized spacial score (nSPS) is 13.3. The number of aliphatic imine (C=N–C) groups is 1. The molecule has 5 nitrogen and oxygen atoms in total. The standard InChI is InChI=1S/C16H33N3O2/c1-6-9-11-14(7-2)15(20)21-16(17-8-3)18-12-10-13-19(4)5/h14H,6-13H2,1-5H3,(H,17,18). The number of esters is 1. The van der Waals surface area contributed by atoms with Crippen LogP contribution in [0.25, 0.3) is 0 Å². The lowest BCUT2D eigenvalue weighted by atomic mass is 10.00. The van der Waals surface area contributed by atoms with E-state index < -0.39 is 0 Å². The van der Waals surface area contributed by atoms with Gasteiger partial charge in [0.2, 0.25) is 0 Å². The summed E-state index contributed by atoms with van der Waals surface area (Å²) >= 11 is 0. The Bertz CT molecular complexity index is 304. The minimum absolute atomic E-state index is 0.0180. The molecule has 0 amide bonds. The van der Waals surface area contributed by atoms with Crippen LogP contribution in [0.15, 0.2) is 4.99 Å². The molecule has 0 fully saturated rings. The monoisotopic (exact) mass is 299 g/mol. The average molecular weight is 299 g/mol. The van der Waals surface area contributed by atoms with Crippen molar-refractivity contribution in [2.24, 2.45) is 10.9 Å². The quantitative estimate of drug-likeness (QED) is 0.292. The molecule has 5 heteroatoms. The van der Waals surface area contributed by atoms with E-state index in [0.717, 1.165) is 38.6 Å². The largest absolute Gasteiger partial charge is 0.393 e. The van der Waals surface area contributed by atoms with Crippen molar-refractivity contribution in [1.29, 1.82) is 0 Å². The summed E-state index contributed by atoms with van der Waals surface area (Å²) in [6, 6.07) is 0.371. The van der Waals surface area contributed by atoms with Crippen molar-refractivity contribution in [3.05, 3.63) is 0 Å². The molecule has 0 aliphatic carbocycles. The van der Waals surface area contributed by atoms with Crippen LogP contribution in [-0.2, 0) is 9.53 Å². The fourth-order valence-electron chi connectivity index (χ4n) is 1.96. The van der Waals surface area contributed by atoms with Crippen LogP contribution >= 0.6 is 0 Å². The number of hydrogen-bond donors (Lipinski definition) is 1. The van der Waals surface area contributed by atoms with E-state index in [2.05, 4.69) is 22.1 Å². The number of hydrogen-bond acceptors (Lipinski definition) is 4. The maximum absolute atomic E-state index is 12.2. The van der Waals surface area contributed by atoms with E-state index in [1.54, 1.807) is 0 Å². The first-order valence-corrected chi connectivity index (χ1v) is 8.19. The van der Waals surface area contributed by atoms with Crippen LogP contribution in [0, 0.1) is 5.92 Å². The Morgan fingerprint density at radius 1 is 1.24 bits per heavy atom. The molecule has 0 saturated heterocycles. The van der Waals surface area contributed by atoms with Gasteiger partial charge in [-0.1, -0.05) is 26.7 Å². The fraction of sp³-hybridized carbons (Fsp3) is 0.875. The topological polar surface area (TPSA) is 53.9 Å². The zero-order valence-corrected chi connectivity index (χ0v) is 14.4. The van der Waals surface area contributed by atoms with Crippen molar-refractivity contribution in [3.63, 3.8) is 0 Å². The summed E-state index contributed by atoms with van der Waals surface area (Å²) < 4.78 is 5.43. The summed E-state index contributed by atoms with van der Waals surface area (Å²) in [4.78, 5) is 18.6. The Morgan fingerprint density at radius 3 is 2.48 bits per heavy atom. The smallest absolute Gasteiger partial charge is 0.316 e. The highest BCUT2D eigenvalue weighted by molar-refractivity contribution is 5.88. The highest BCUT2D eigenvalue weighted by Crippen LogP contribution is 2.14. The van der Waals surface area contributed by atoms with Crippen molar-refractivity contribution in [3.8, 4) is 0 Å². The number of carbonyl (C=O) groups excluding carboxylic acids is 1.